The lowest BCUT2D eigenvalue weighted by Gasteiger charge is -2.08. The molecule has 12 heavy (non-hydrogen) atoms. The molecule has 0 aromatic heterocycles. The Balaban J connectivity index is 3.54. The van der Waals surface area contributed by atoms with E-state index < -0.39 is 12.1 Å². The first kappa shape index (κ1) is 11.1. The molecule has 0 saturated carbocycles. The van der Waals surface area contributed by atoms with E-state index in [0.29, 0.717) is 12.8 Å². The zero-order valence-corrected chi connectivity index (χ0v) is 7.12. The summed E-state index contributed by atoms with van der Waals surface area (Å²) < 4.78 is 4.67. The molecule has 0 aliphatic heterocycles. The van der Waals surface area contributed by atoms with Crippen LogP contribution in [0.3, 0.4) is 0 Å². The number of rotatable bonds is 6. The lowest BCUT2D eigenvalue weighted by molar-refractivity contribution is -0.132. The van der Waals surface area contributed by atoms with Gasteiger partial charge in [0.25, 0.3) is 0 Å². The van der Waals surface area contributed by atoms with Gasteiger partial charge >= 0.3 is 5.97 Å². The number of hydrogen-bond donors (Lipinski definition) is 2. The Morgan fingerprint density at radius 3 is 2.67 bits per heavy atom. The van der Waals surface area contributed by atoms with Crippen molar-refractivity contribution in [1.82, 2.24) is 0 Å². The van der Waals surface area contributed by atoms with E-state index in [1.807, 2.05) is 0 Å². The fourth-order valence-corrected chi connectivity index (χ4v) is 0.723. The number of carbonyl (C=O) groups is 1. The zero-order chi connectivity index (χ0) is 9.56. The standard InChI is InChI=1S/C8H14O4/c1-6(8(10)11)3-4-7(9)5-12-2/h7,9H,1,3-5H2,2H3,(H,10,11). The molecular formula is C8H14O4. The largest absolute Gasteiger partial charge is 0.478 e. The summed E-state index contributed by atoms with van der Waals surface area (Å²) in [5, 5.41) is 17.5. The second kappa shape index (κ2) is 5.74. The Morgan fingerprint density at radius 2 is 2.25 bits per heavy atom. The summed E-state index contributed by atoms with van der Waals surface area (Å²) >= 11 is 0. The molecule has 0 heterocycles. The highest BCUT2D eigenvalue weighted by molar-refractivity contribution is 5.85. The molecule has 1 atom stereocenters. The van der Waals surface area contributed by atoms with Crippen molar-refractivity contribution in [2.24, 2.45) is 0 Å². The van der Waals surface area contributed by atoms with E-state index in [1.165, 1.54) is 7.11 Å². The van der Waals surface area contributed by atoms with E-state index in [-0.39, 0.29) is 12.2 Å². The molecule has 0 spiro atoms. The van der Waals surface area contributed by atoms with Crippen LogP contribution < -0.4 is 0 Å². The summed E-state index contributed by atoms with van der Waals surface area (Å²) in [6.07, 6.45) is 0.0600. The van der Waals surface area contributed by atoms with Crippen LogP contribution in [0.4, 0.5) is 0 Å². The minimum Gasteiger partial charge on any atom is -0.478 e. The quantitative estimate of drug-likeness (QED) is 0.572. The molecule has 0 saturated heterocycles. The van der Waals surface area contributed by atoms with Gasteiger partial charge in [0.2, 0.25) is 0 Å². The molecule has 70 valence electrons. The van der Waals surface area contributed by atoms with Crippen molar-refractivity contribution in [3.05, 3.63) is 12.2 Å². The maximum Gasteiger partial charge on any atom is 0.330 e. The van der Waals surface area contributed by atoms with Gasteiger partial charge in [-0.1, -0.05) is 6.58 Å². The third kappa shape index (κ3) is 4.87. The summed E-state index contributed by atoms with van der Waals surface area (Å²) in [6.45, 7) is 3.56. The second-order valence-electron chi connectivity index (χ2n) is 2.56. The lowest BCUT2D eigenvalue weighted by atomic mass is 10.1. The van der Waals surface area contributed by atoms with Crippen LogP contribution in [0.25, 0.3) is 0 Å². The van der Waals surface area contributed by atoms with Gasteiger partial charge in [-0.25, -0.2) is 4.79 Å². The minimum absolute atomic E-state index is 0.116. The molecule has 0 fully saturated rings. The SMILES string of the molecule is C=C(CCC(O)COC)C(=O)O. The van der Waals surface area contributed by atoms with Gasteiger partial charge < -0.3 is 14.9 Å². The smallest absolute Gasteiger partial charge is 0.330 e. The number of ether oxygens (including phenoxy) is 1. The number of aliphatic carboxylic acids is 1. The number of carboxylic acids is 1. The lowest BCUT2D eigenvalue weighted by Crippen LogP contribution is -2.14. The number of carboxylic acid groups (broad SMARTS) is 1. The van der Waals surface area contributed by atoms with Crippen LogP contribution in [-0.2, 0) is 9.53 Å². The van der Waals surface area contributed by atoms with Crippen molar-refractivity contribution in [3.8, 4) is 0 Å². The fraction of sp³-hybridized carbons (Fsp3) is 0.625. The Bertz CT molecular complexity index is 164. The van der Waals surface area contributed by atoms with Crippen LogP contribution in [0.2, 0.25) is 0 Å². The van der Waals surface area contributed by atoms with Crippen LogP contribution in [0.5, 0.6) is 0 Å². The average molecular weight is 174 g/mol. The molecule has 2 N–H and O–H groups in total. The molecule has 0 aliphatic carbocycles. The van der Waals surface area contributed by atoms with Gasteiger partial charge in [-0.2, -0.15) is 0 Å². The first-order valence-electron chi connectivity index (χ1n) is 3.66. The van der Waals surface area contributed by atoms with E-state index in [9.17, 15) is 4.79 Å². The molecule has 0 bridgehead atoms. The van der Waals surface area contributed by atoms with Gasteiger partial charge in [0.05, 0.1) is 12.7 Å². The summed E-state index contributed by atoms with van der Waals surface area (Å²) in [5.74, 6) is -1.01. The number of aliphatic hydroxyl groups is 1. The predicted octanol–water partition coefficient (Wildman–Crippen LogP) is 0.415. The first-order valence-corrected chi connectivity index (χ1v) is 3.66. The van der Waals surface area contributed by atoms with E-state index in [0.717, 1.165) is 0 Å². The molecular weight excluding hydrogens is 160 g/mol. The van der Waals surface area contributed by atoms with Crippen molar-refractivity contribution < 1.29 is 19.7 Å². The summed E-state index contributed by atoms with van der Waals surface area (Å²) in [4.78, 5) is 10.3. The molecule has 0 aliphatic rings. The summed E-state index contributed by atoms with van der Waals surface area (Å²) in [7, 11) is 1.48. The first-order chi connectivity index (χ1) is 5.57. The van der Waals surface area contributed by atoms with Gasteiger partial charge in [-0.05, 0) is 12.8 Å². The Labute approximate surface area is 71.5 Å². The predicted molar refractivity (Wildman–Crippen MR) is 43.9 cm³/mol. The molecule has 0 radical (unpaired) electrons. The third-order valence-corrected chi connectivity index (χ3v) is 1.44. The minimum atomic E-state index is -1.01. The topological polar surface area (TPSA) is 66.8 Å². The number of methoxy groups -OCH3 is 1. The molecule has 0 rings (SSSR count). The van der Waals surface area contributed by atoms with Crippen LogP contribution in [-0.4, -0.2) is 36.0 Å². The highest BCUT2D eigenvalue weighted by Gasteiger charge is 2.08. The van der Waals surface area contributed by atoms with Crippen molar-refractivity contribution in [1.29, 1.82) is 0 Å². The molecule has 1 unspecified atom stereocenters. The van der Waals surface area contributed by atoms with Crippen LogP contribution >= 0.6 is 0 Å². The van der Waals surface area contributed by atoms with Crippen LogP contribution in [0.15, 0.2) is 12.2 Å². The highest BCUT2D eigenvalue weighted by atomic mass is 16.5. The van der Waals surface area contributed by atoms with Crippen molar-refractivity contribution >= 4 is 5.97 Å². The van der Waals surface area contributed by atoms with Gasteiger partial charge in [0.1, 0.15) is 0 Å². The van der Waals surface area contributed by atoms with Crippen molar-refractivity contribution in [2.45, 2.75) is 18.9 Å². The van der Waals surface area contributed by atoms with E-state index >= 15 is 0 Å². The van der Waals surface area contributed by atoms with Crippen LogP contribution in [0.1, 0.15) is 12.8 Å². The van der Waals surface area contributed by atoms with E-state index in [2.05, 4.69) is 11.3 Å². The maximum absolute atomic E-state index is 10.3. The highest BCUT2D eigenvalue weighted by Crippen LogP contribution is 2.05. The molecule has 0 aromatic rings. The Kier molecular flexibility index (Phi) is 5.32. The van der Waals surface area contributed by atoms with Gasteiger partial charge in [-0.3, -0.25) is 0 Å². The van der Waals surface area contributed by atoms with Crippen molar-refractivity contribution in [2.75, 3.05) is 13.7 Å². The van der Waals surface area contributed by atoms with Crippen LogP contribution in [0, 0.1) is 0 Å². The zero-order valence-electron chi connectivity index (χ0n) is 7.12. The van der Waals surface area contributed by atoms with Crippen molar-refractivity contribution in [3.63, 3.8) is 0 Å². The summed E-state index contributed by atoms with van der Waals surface area (Å²) in [6, 6.07) is 0. The Hall–Kier alpha value is -0.870. The molecule has 4 nitrogen and oxygen atoms in total. The summed E-state index contributed by atoms with van der Waals surface area (Å²) in [5.41, 5.74) is 0.116. The maximum atomic E-state index is 10.3. The molecule has 4 heteroatoms. The molecule has 0 amide bonds. The number of aliphatic hydroxyl groups excluding tert-OH is 1. The third-order valence-electron chi connectivity index (χ3n) is 1.44. The van der Waals surface area contributed by atoms with E-state index in [1.54, 1.807) is 0 Å². The van der Waals surface area contributed by atoms with Gasteiger partial charge in [0, 0.05) is 12.7 Å². The Morgan fingerprint density at radius 1 is 1.67 bits per heavy atom. The second-order valence-corrected chi connectivity index (χ2v) is 2.56. The van der Waals surface area contributed by atoms with Gasteiger partial charge in [-0.15, -0.1) is 0 Å². The monoisotopic (exact) mass is 174 g/mol. The fourth-order valence-electron chi connectivity index (χ4n) is 0.723. The number of hydrogen-bond acceptors (Lipinski definition) is 3. The van der Waals surface area contributed by atoms with Gasteiger partial charge in [0.15, 0.2) is 0 Å². The normalized spacial score (nSPS) is 12.5. The van der Waals surface area contributed by atoms with E-state index in [4.69, 9.17) is 10.2 Å². The molecule has 0 aromatic carbocycles. The average Bonchev–Trinajstić information content (AvgIpc) is 2.00.